The first kappa shape index (κ1) is 23.4. The van der Waals surface area contributed by atoms with Crippen LogP contribution in [0.2, 0.25) is 0 Å². The van der Waals surface area contributed by atoms with E-state index in [0.29, 0.717) is 31.0 Å². The van der Waals surface area contributed by atoms with Gasteiger partial charge in [-0.2, -0.15) is 5.26 Å². The minimum atomic E-state index is -0.388. The lowest BCUT2D eigenvalue weighted by Crippen LogP contribution is -2.38. The molecule has 0 spiro atoms. The van der Waals surface area contributed by atoms with E-state index in [1.54, 1.807) is 13.0 Å². The van der Waals surface area contributed by atoms with Crippen molar-refractivity contribution in [3.63, 3.8) is 0 Å². The first-order valence-electron chi connectivity index (χ1n) is 11.7. The van der Waals surface area contributed by atoms with Crippen LogP contribution in [0.1, 0.15) is 54.4 Å². The summed E-state index contributed by atoms with van der Waals surface area (Å²) in [6.07, 6.45) is 3.63. The molecule has 0 aliphatic carbocycles. The maximum atomic E-state index is 12.6. The standard InChI is InChI=1S/C27H30N4O3/c1-4-8-20-15-22(16-28)30(18-20)21-13-11-19(12-14-21)17-31-25-23(26(32)33-5-2)9-7-10-24(25)29-27(31)34-6-3/h7,9-15,18,27,29H,4-6,8,17H2,1-3H3. The molecule has 0 radical (unpaired) electrons. The molecule has 1 aromatic heterocycles. The number of para-hydroxylation sites is 1. The fraction of sp³-hybridized carbons (Fsp3) is 0.333. The number of fused-ring (bicyclic) bond motifs is 1. The molecule has 0 saturated heterocycles. The van der Waals surface area contributed by atoms with E-state index in [2.05, 4.69) is 23.2 Å². The Hall–Kier alpha value is -3.76. The molecule has 0 fully saturated rings. The molecule has 2 heterocycles. The van der Waals surface area contributed by atoms with Gasteiger partial charge in [0.1, 0.15) is 11.8 Å². The number of nitriles is 1. The Morgan fingerprint density at radius 1 is 1.09 bits per heavy atom. The summed E-state index contributed by atoms with van der Waals surface area (Å²) in [7, 11) is 0. The van der Waals surface area contributed by atoms with Crippen molar-refractivity contribution in [3.05, 3.63) is 77.1 Å². The van der Waals surface area contributed by atoms with Gasteiger partial charge in [0, 0.05) is 25.0 Å². The molecular formula is C27H30N4O3. The predicted molar refractivity (Wildman–Crippen MR) is 132 cm³/mol. The lowest BCUT2D eigenvalue weighted by atomic mass is 10.1. The summed E-state index contributed by atoms with van der Waals surface area (Å²) >= 11 is 0. The van der Waals surface area contributed by atoms with Gasteiger partial charge in [0.25, 0.3) is 0 Å². The van der Waals surface area contributed by atoms with Gasteiger partial charge in [-0.25, -0.2) is 4.79 Å². The third-order valence-corrected chi connectivity index (χ3v) is 5.80. The molecule has 4 rings (SSSR count). The van der Waals surface area contributed by atoms with Crippen molar-refractivity contribution in [2.75, 3.05) is 23.4 Å². The van der Waals surface area contributed by atoms with Gasteiger partial charge in [0.15, 0.2) is 0 Å². The number of carbonyl (C=O) groups is 1. The molecule has 0 bridgehead atoms. The quantitative estimate of drug-likeness (QED) is 0.442. The number of nitrogens with zero attached hydrogens (tertiary/aromatic N) is 3. The van der Waals surface area contributed by atoms with Crippen molar-refractivity contribution in [2.45, 2.75) is 46.5 Å². The molecule has 34 heavy (non-hydrogen) atoms. The second kappa shape index (κ2) is 10.4. The number of hydrogen-bond acceptors (Lipinski definition) is 6. The Morgan fingerprint density at radius 3 is 2.56 bits per heavy atom. The van der Waals surface area contributed by atoms with Crippen LogP contribution < -0.4 is 10.2 Å². The third-order valence-electron chi connectivity index (χ3n) is 5.80. The molecule has 1 atom stereocenters. The van der Waals surface area contributed by atoms with Crippen LogP contribution >= 0.6 is 0 Å². The average Bonchev–Trinajstić information content (AvgIpc) is 3.41. The van der Waals surface area contributed by atoms with E-state index in [9.17, 15) is 10.1 Å². The monoisotopic (exact) mass is 458 g/mol. The number of aromatic nitrogens is 1. The van der Waals surface area contributed by atoms with Gasteiger partial charge in [0.2, 0.25) is 6.35 Å². The fourth-order valence-corrected chi connectivity index (χ4v) is 4.32. The second-order valence-corrected chi connectivity index (χ2v) is 8.13. The minimum absolute atomic E-state index is 0.316. The van der Waals surface area contributed by atoms with Crippen LogP contribution in [0.4, 0.5) is 11.4 Å². The van der Waals surface area contributed by atoms with Gasteiger partial charge in [-0.3, -0.25) is 0 Å². The highest BCUT2D eigenvalue weighted by Crippen LogP contribution is 2.39. The Balaban J connectivity index is 1.63. The van der Waals surface area contributed by atoms with Crippen molar-refractivity contribution in [1.29, 1.82) is 5.26 Å². The molecule has 1 unspecified atom stereocenters. The number of benzene rings is 2. The molecule has 3 aromatic rings. The number of rotatable bonds is 9. The molecule has 7 heteroatoms. The molecule has 1 aliphatic rings. The first-order chi connectivity index (χ1) is 16.6. The fourth-order valence-electron chi connectivity index (χ4n) is 4.32. The van der Waals surface area contributed by atoms with Gasteiger partial charge < -0.3 is 24.3 Å². The molecule has 1 aliphatic heterocycles. The number of anilines is 2. The van der Waals surface area contributed by atoms with E-state index in [1.165, 1.54) is 0 Å². The Labute approximate surface area is 200 Å². The Bertz CT molecular complexity index is 1190. The van der Waals surface area contributed by atoms with Gasteiger partial charge in [0.05, 0.1) is 23.5 Å². The zero-order chi connectivity index (χ0) is 24.1. The topological polar surface area (TPSA) is 79.5 Å². The summed E-state index contributed by atoms with van der Waals surface area (Å²) in [5.74, 6) is -0.349. The number of hydrogen-bond donors (Lipinski definition) is 1. The molecule has 176 valence electrons. The highest BCUT2D eigenvalue weighted by atomic mass is 16.5. The summed E-state index contributed by atoms with van der Waals surface area (Å²) in [6.45, 7) is 7.26. The lowest BCUT2D eigenvalue weighted by Gasteiger charge is -2.27. The highest BCUT2D eigenvalue weighted by Gasteiger charge is 2.33. The molecule has 2 aromatic carbocycles. The molecule has 7 nitrogen and oxygen atoms in total. The van der Waals surface area contributed by atoms with Crippen molar-refractivity contribution in [3.8, 4) is 11.8 Å². The summed E-state index contributed by atoms with van der Waals surface area (Å²) in [5, 5.41) is 12.9. The number of esters is 1. The smallest absolute Gasteiger partial charge is 0.340 e. The van der Waals surface area contributed by atoms with Crippen LogP contribution in [0.25, 0.3) is 5.69 Å². The molecular weight excluding hydrogens is 428 g/mol. The van der Waals surface area contributed by atoms with Gasteiger partial charge in [-0.15, -0.1) is 0 Å². The van der Waals surface area contributed by atoms with Gasteiger partial charge in [-0.05, 0) is 61.7 Å². The average molecular weight is 459 g/mol. The van der Waals surface area contributed by atoms with Crippen molar-refractivity contribution in [2.24, 2.45) is 0 Å². The van der Waals surface area contributed by atoms with Crippen molar-refractivity contribution in [1.82, 2.24) is 4.57 Å². The van der Waals surface area contributed by atoms with Crippen molar-refractivity contribution < 1.29 is 14.3 Å². The van der Waals surface area contributed by atoms with Crippen molar-refractivity contribution >= 4 is 17.3 Å². The molecule has 0 amide bonds. The van der Waals surface area contributed by atoms with Crippen LogP contribution in [0.5, 0.6) is 0 Å². The highest BCUT2D eigenvalue weighted by molar-refractivity contribution is 6.00. The van der Waals surface area contributed by atoms with Crippen LogP contribution in [0.3, 0.4) is 0 Å². The zero-order valence-electron chi connectivity index (χ0n) is 19.9. The molecule has 1 N–H and O–H groups in total. The van der Waals surface area contributed by atoms with Gasteiger partial charge >= 0.3 is 5.97 Å². The van der Waals surface area contributed by atoms with E-state index in [-0.39, 0.29) is 12.3 Å². The number of ether oxygens (including phenoxy) is 2. The summed E-state index contributed by atoms with van der Waals surface area (Å²) in [4.78, 5) is 14.7. The predicted octanol–water partition coefficient (Wildman–Crippen LogP) is 5.23. The maximum absolute atomic E-state index is 12.6. The lowest BCUT2D eigenvalue weighted by molar-refractivity contribution is 0.0525. The number of aryl methyl sites for hydroxylation is 1. The second-order valence-electron chi connectivity index (χ2n) is 8.13. The third kappa shape index (κ3) is 4.63. The van der Waals surface area contributed by atoms with Crippen LogP contribution in [-0.2, 0) is 22.4 Å². The summed E-state index contributed by atoms with van der Waals surface area (Å²) in [6, 6.07) is 17.9. The van der Waals surface area contributed by atoms with E-state index in [0.717, 1.165) is 41.0 Å². The minimum Gasteiger partial charge on any atom is -0.462 e. The van der Waals surface area contributed by atoms with E-state index in [1.807, 2.05) is 60.2 Å². The summed E-state index contributed by atoms with van der Waals surface area (Å²) in [5.41, 5.74) is 5.93. The largest absolute Gasteiger partial charge is 0.462 e. The Morgan fingerprint density at radius 2 is 1.88 bits per heavy atom. The first-order valence-corrected chi connectivity index (χ1v) is 11.7. The van der Waals surface area contributed by atoms with Gasteiger partial charge in [-0.1, -0.05) is 31.5 Å². The summed E-state index contributed by atoms with van der Waals surface area (Å²) < 4.78 is 13.2. The van der Waals surface area contributed by atoms with E-state index in [4.69, 9.17) is 9.47 Å². The van der Waals surface area contributed by atoms with E-state index >= 15 is 0 Å². The van der Waals surface area contributed by atoms with Crippen LogP contribution in [0, 0.1) is 11.3 Å². The maximum Gasteiger partial charge on any atom is 0.340 e. The zero-order valence-corrected chi connectivity index (χ0v) is 19.9. The number of nitrogens with one attached hydrogen (secondary N) is 1. The number of carbonyl (C=O) groups excluding carboxylic acids is 1. The van der Waals surface area contributed by atoms with Crippen LogP contribution in [0.15, 0.2) is 54.7 Å². The normalized spacial score (nSPS) is 14.4. The molecule has 0 saturated carbocycles. The Kier molecular flexibility index (Phi) is 7.19. The van der Waals surface area contributed by atoms with Crippen LogP contribution in [-0.4, -0.2) is 30.1 Å². The van der Waals surface area contributed by atoms with E-state index < -0.39 is 0 Å². The SMILES string of the molecule is CCCc1cc(C#N)n(-c2ccc(CN3c4c(cccc4C(=O)OCC)NC3OCC)cc2)c1.